The number of amides is 1. The normalized spacial score (nSPS) is 19.3. The Hall–Kier alpha value is -2.14. The van der Waals surface area contributed by atoms with Crippen LogP contribution in [0.4, 0.5) is 0 Å². The molecular weight excluding hydrogens is 330 g/mol. The minimum absolute atomic E-state index is 0.0187. The lowest BCUT2D eigenvalue weighted by Crippen LogP contribution is -2.41. The average Bonchev–Trinajstić information content (AvgIpc) is 3.12. The van der Waals surface area contributed by atoms with Crippen LogP contribution in [-0.2, 0) is 20.7 Å². The van der Waals surface area contributed by atoms with Crippen molar-refractivity contribution in [2.45, 2.75) is 63.9 Å². The predicted molar refractivity (Wildman–Crippen MR) is 98.4 cm³/mol. The van der Waals surface area contributed by atoms with E-state index in [-0.39, 0.29) is 17.5 Å². The van der Waals surface area contributed by atoms with Gasteiger partial charge < -0.3 is 4.74 Å². The van der Waals surface area contributed by atoms with Gasteiger partial charge >= 0.3 is 5.97 Å². The molecule has 0 unspecified atom stereocenters. The first-order valence-corrected chi connectivity index (χ1v) is 9.53. The summed E-state index contributed by atoms with van der Waals surface area (Å²) in [4.78, 5) is 23.7. The van der Waals surface area contributed by atoms with E-state index < -0.39 is 5.91 Å². The van der Waals surface area contributed by atoms with Gasteiger partial charge in [-0.2, -0.15) is 0 Å². The minimum atomic E-state index is -0.554. The first-order chi connectivity index (χ1) is 12.6. The second-order valence-corrected chi connectivity index (χ2v) is 7.50. The largest absolute Gasteiger partial charge is 0.462 e. The number of hydroxylamine groups is 1. The number of ether oxygens (including phenoxy) is 1. The standard InChI is InChI=1S/C21H27NO4/c23-19(22-25)11-10-16-6-8-17(9-7-16)12-15-21(13-3-14-21)20(24)26-18-4-1-2-5-18/h6-11,18,25H,1-5,12-15H2,(H,22,23)/b11-10+. The molecule has 0 spiro atoms. The van der Waals surface area contributed by atoms with Gasteiger partial charge in [0.05, 0.1) is 5.41 Å². The highest BCUT2D eigenvalue weighted by atomic mass is 16.5. The molecule has 5 nitrogen and oxygen atoms in total. The number of nitrogens with one attached hydrogen (secondary N) is 1. The highest BCUT2D eigenvalue weighted by Crippen LogP contribution is 2.46. The van der Waals surface area contributed by atoms with Crippen molar-refractivity contribution in [1.29, 1.82) is 0 Å². The van der Waals surface area contributed by atoms with Gasteiger partial charge in [0.15, 0.2) is 0 Å². The quantitative estimate of drug-likeness (QED) is 0.337. The summed E-state index contributed by atoms with van der Waals surface area (Å²) in [5.74, 6) is -0.535. The van der Waals surface area contributed by atoms with Gasteiger partial charge in [0.25, 0.3) is 5.91 Å². The maximum atomic E-state index is 12.7. The lowest BCUT2D eigenvalue weighted by Gasteiger charge is -2.40. The van der Waals surface area contributed by atoms with Crippen molar-refractivity contribution in [3.05, 3.63) is 41.5 Å². The van der Waals surface area contributed by atoms with Crippen LogP contribution in [0.25, 0.3) is 6.08 Å². The maximum absolute atomic E-state index is 12.7. The topological polar surface area (TPSA) is 75.6 Å². The molecule has 2 saturated carbocycles. The van der Waals surface area contributed by atoms with Gasteiger partial charge in [0.1, 0.15) is 6.10 Å². The SMILES string of the molecule is O=C(/C=C/c1ccc(CCC2(C(=O)OC3CCCC3)CCC2)cc1)NO. The lowest BCUT2D eigenvalue weighted by atomic mass is 9.65. The third kappa shape index (κ3) is 4.52. The molecule has 3 rings (SSSR count). The number of aryl methyl sites for hydroxylation is 1. The molecule has 0 aliphatic heterocycles. The van der Waals surface area contributed by atoms with Crippen LogP contribution >= 0.6 is 0 Å². The summed E-state index contributed by atoms with van der Waals surface area (Å²) >= 11 is 0. The lowest BCUT2D eigenvalue weighted by molar-refractivity contribution is -0.167. The molecule has 2 aliphatic rings. The Morgan fingerprint density at radius 2 is 1.85 bits per heavy atom. The molecule has 1 aromatic rings. The van der Waals surface area contributed by atoms with E-state index in [9.17, 15) is 9.59 Å². The second kappa shape index (κ2) is 8.49. The van der Waals surface area contributed by atoms with E-state index in [1.165, 1.54) is 24.5 Å². The summed E-state index contributed by atoms with van der Waals surface area (Å²) in [6, 6.07) is 7.90. The van der Waals surface area contributed by atoms with Crippen molar-refractivity contribution in [3.8, 4) is 0 Å². The first-order valence-electron chi connectivity index (χ1n) is 9.53. The Kier molecular flexibility index (Phi) is 6.09. The Balaban J connectivity index is 1.54. The fraction of sp³-hybridized carbons (Fsp3) is 0.524. The Morgan fingerprint density at radius 3 is 2.42 bits per heavy atom. The molecule has 0 radical (unpaired) electrons. The monoisotopic (exact) mass is 357 g/mol. The zero-order valence-corrected chi connectivity index (χ0v) is 15.1. The van der Waals surface area contributed by atoms with Crippen molar-refractivity contribution in [2.75, 3.05) is 0 Å². The molecule has 1 aromatic carbocycles. The van der Waals surface area contributed by atoms with Gasteiger partial charge in [0.2, 0.25) is 0 Å². The van der Waals surface area contributed by atoms with Gasteiger partial charge in [0, 0.05) is 6.08 Å². The van der Waals surface area contributed by atoms with Gasteiger partial charge in [-0.25, -0.2) is 5.48 Å². The molecule has 2 aliphatic carbocycles. The summed E-state index contributed by atoms with van der Waals surface area (Å²) in [5.41, 5.74) is 3.35. The highest BCUT2D eigenvalue weighted by Gasteiger charge is 2.45. The molecule has 2 fully saturated rings. The summed E-state index contributed by atoms with van der Waals surface area (Å²) in [7, 11) is 0. The maximum Gasteiger partial charge on any atom is 0.312 e. The number of carbonyl (C=O) groups excluding carboxylic acids is 2. The van der Waals surface area contributed by atoms with E-state index in [0.717, 1.165) is 50.5 Å². The van der Waals surface area contributed by atoms with Crippen molar-refractivity contribution in [3.63, 3.8) is 0 Å². The minimum Gasteiger partial charge on any atom is -0.462 e. The van der Waals surface area contributed by atoms with E-state index in [1.807, 2.05) is 24.3 Å². The molecule has 2 N–H and O–H groups in total. The van der Waals surface area contributed by atoms with Crippen LogP contribution in [0.3, 0.4) is 0 Å². The van der Waals surface area contributed by atoms with Crippen molar-refractivity contribution in [2.24, 2.45) is 5.41 Å². The van der Waals surface area contributed by atoms with Crippen molar-refractivity contribution >= 4 is 18.0 Å². The Labute approximate surface area is 154 Å². The number of hydrogen-bond donors (Lipinski definition) is 2. The van der Waals surface area contributed by atoms with E-state index in [0.29, 0.717) is 0 Å². The van der Waals surface area contributed by atoms with Gasteiger partial charge in [-0.3, -0.25) is 14.8 Å². The Bertz CT molecular complexity index is 655. The fourth-order valence-electron chi connectivity index (χ4n) is 3.83. The van der Waals surface area contributed by atoms with Crippen LogP contribution in [0.1, 0.15) is 62.5 Å². The molecule has 0 saturated heterocycles. The molecule has 140 valence electrons. The fourth-order valence-corrected chi connectivity index (χ4v) is 3.83. The van der Waals surface area contributed by atoms with E-state index in [1.54, 1.807) is 11.6 Å². The van der Waals surface area contributed by atoms with E-state index >= 15 is 0 Å². The molecular formula is C21H27NO4. The zero-order chi connectivity index (χ0) is 18.4. The van der Waals surface area contributed by atoms with E-state index in [4.69, 9.17) is 9.94 Å². The van der Waals surface area contributed by atoms with Crippen molar-refractivity contribution in [1.82, 2.24) is 5.48 Å². The van der Waals surface area contributed by atoms with Crippen LogP contribution in [0.15, 0.2) is 30.3 Å². The molecule has 0 aromatic heterocycles. The number of carbonyl (C=O) groups is 2. The third-order valence-corrected chi connectivity index (χ3v) is 5.73. The number of hydrogen-bond acceptors (Lipinski definition) is 4. The average molecular weight is 357 g/mol. The molecule has 1 amide bonds. The molecule has 5 heteroatoms. The molecule has 0 heterocycles. The van der Waals surface area contributed by atoms with E-state index in [2.05, 4.69) is 0 Å². The molecule has 0 bridgehead atoms. The van der Waals surface area contributed by atoms with Crippen LogP contribution in [0.5, 0.6) is 0 Å². The van der Waals surface area contributed by atoms with Crippen LogP contribution in [0.2, 0.25) is 0 Å². The van der Waals surface area contributed by atoms with Gasteiger partial charge in [-0.15, -0.1) is 0 Å². The number of benzene rings is 1. The number of esters is 1. The Morgan fingerprint density at radius 1 is 1.15 bits per heavy atom. The number of rotatable bonds is 7. The van der Waals surface area contributed by atoms with Gasteiger partial charge in [-0.05, 0) is 68.6 Å². The summed E-state index contributed by atoms with van der Waals surface area (Å²) in [6.45, 7) is 0. The van der Waals surface area contributed by atoms with Crippen molar-refractivity contribution < 1.29 is 19.5 Å². The second-order valence-electron chi connectivity index (χ2n) is 7.50. The predicted octanol–water partition coefficient (Wildman–Crippen LogP) is 3.79. The summed E-state index contributed by atoms with van der Waals surface area (Å²) in [6.07, 6.45) is 12.1. The van der Waals surface area contributed by atoms with Crippen LogP contribution in [-0.4, -0.2) is 23.2 Å². The van der Waals surface area contributed by atoms with Crippen LogP contribution in [0, 0.1) is 5.41 Å². The van der Waals surface area contributed by atoms with Gasteiger partial charge in [-0.1, -0.05) is 30.7 Å². The zero-order valence-electron chi connectivity index (χ0n) is 15.1. The summed E-state index contributed by atoms with van der Waals surface area (Å²) in [5, 5.41) is 8.48. The third-order valence-electron chi connectivity index (χ3n) is 5.73. The highest BCUT2D eigenvalue weighted by molar-refractivity contribution is 5.90. The molecule has 0 atom stereocenters. The van der Waals surface area contributed by atoms with Crippen LogP contribution < -0.4 is 5.48 Å². The molecule has 26 heavy (non-hydrogen) atoms. The smallest absolute Gasteiger partial charge is 0.312 e. The first kappa shape index (κ1) is 18.6. The summed E-state index contributed by atoms with van der Waals surface area (Å²) < 4.78 is 5.78.